The summed E-state index contributed by atoms with van der Waals surface area (Å²) in [5.74, 6) is -0.587. The highest BCUT2D eigenvalue weighted by Crippen LogP contribution is 2.35. The molecule has 4 aromatic rings. The number of rotatable bonds is 6. The Hall–Kier alpha value is -3.14. The van der Waals surface area contributed by atoms with E-state index in [2.05, 4.69) is 11.1 Å². The molecule has 1 aliphatic heterocycles. The standard InChI is InChI=1S/C28H30N4O3S2/c1-19-9-13-24(14-10-19)37(34,35)31-16-6-7-22(17-31)27(33)32(18-23-8-4-5-15-29-23)28-30-25-20(2)11-12-21(3)26(25)36-28/h4-5,8-15,22H,6-7,16-18H2,1-3H3. The van der Waals surface area contributed by atoms with Crippen molar-refractivity contribution in [2.45, 2.75) is 45.1 Å². The summed E-state index contributed by atoms with van der Waals surface area (Å²) in [5.41, 5.74) is 4.82. The van der Waals surface area contributed by atoms with E-state index in [-0.39, 0.29) is 23.9 Å². The highest BCUT2D eigenvalue weighted by molar-refractivity contribution is 7.89. The molecule has 192 valence electrons. The normalized spacial score (nSPS) is 16.7. The van der Waals surface area contributed by atoms with Crippen LogP contribution in [0, 0.1) is 26.7 Å². The van der Waals surface area contributed by atoms with E-state index >= 15 is 0 Å². The molecule has 0 aliphatic carbocycles. The number of amides is 1. The molecule has 0 radical (unpaired) electrons. The van der Waals surface area contributed by atoms with Gasteiger partial charge in [0.15, 0.2) is 5.13 Å². The zero-order chi connectivity index (χ0) is 26.2. The van der Waals surface area contributed by atoms with Crippen LogP contribution in [0.5, 0.6) is 0 Å². The van der Waals surface area contributed by atoms with Gasteiger partial charge in [0, 0.05) is 19.3 Å². The first kappa shape index (κ1) is 25.5. The SMILES string of the molecule is Cc1ccc(S(=O)(=O)N2CCCC(C(=O)N(Cc3ccccn3)c3nc4c(C)ccc(C)c4s3)C2)cc1. The molecule has 9 heteroatoms. The van der Waals surface area contributed by atoms with E-state index in [0.717, 1.165) is 32.6 Å². The number of hydrogen-bond acceptors (Lipinski definition) is 6. The zero-order valence-corrected chi connectivity index (χ0v) is 22.8. The van der Waals surface area contributed by atoms with Crippen LogP contribution in [0.1, 0.15) is 35.2 Å². The number of hydrogen-bond donors (Lipinski definition) is 0. The minimum atomic E-state index is -3.69. The third kappa shape index (κ3) is 5.16. The molecule has 1 amide bonds. The summed E-state index contributed by atoms with van der Waals surface area (Å²) in [5, 5.41) is 0.613. The quantitative estimate of drug-likeness (QED) is 0.337. The minimum absolute atomic E-state index is 0.121. The van der Waals surface area contributed by atoms with Crippen molar-refractivity contribution in [2.75, 3.05) is 18.0 Å². The summed E-state index contributed by atoms with van der Waals surface area (Å²) in [6.45, 7) is 6.82. The predicted molar refractivity (Wildman–Crippen MR) is 147 cm³/mol. The van der Waals surface area contributed by atoms with E-state index in [0.29, 0.717) is 24.5 Å². The molecule has 2 aromatic carbocycles. The largest absolute Gasteiger partial charge is 0.282 e. The molecule has 1 aliphatic rings. The Balaban J connectivity index is 1.47. The molecular formula is C28H30N4O3S2. The van der Waals surface area contributed by atoms with Crippen molar-refractivity contribution in [3.8, 4) is 0 Å². The van der Waals surface area contributed by atoms with Gasteiger partial charge in [-0.3, -0.25) is 14.7 Å². The maximum atomic E-state index is 14.0. The van der Waals surface area contributed by atoms with Gasteiger partial charge >= 0.3 is 0 Å². The number of aryl methyl sites for hydroxylation is 3. The van der Waals surface area contributed by atoms with Crippen LogP contribution in [0.15, 0.2) is 65.7 Å². The van der Waals surface area contributed by atoms with E-state index < -0.39 is 15.9 Å². The fraction of sp³-hybridized carbons (Fsp3) is 0.321. The molecule has 0 saturated carbocycles. The van der Waals surface area contributed by atoms with Gasteiger partial charge in [0.25, 0.3) is 0 Å². The summed E-state index contributed by atoms with van der Waals surface area (Å²) in [7, 11) is -3.69. The minimum Gasteiger partial charge on any atom is -0.282 e. The number of carbonyl (C=O) groups is 1. The van der Waals surface area contributed by atoms with E-state index in [9.17, 15) is 13.2 Å². The van der Waals surface area contributed by atoms with Crippen molar-refractivity contribution < 1.29 is 13.2 Å². The summed E-state index contributed by atoms with van der Waals surface area (Å²) >= 11 is 1.50. The van der Waals surface area contributed by atoms with Crippen LogP contribution in [0.3, 0.4) is 0 Å². The van der Waals surface area contributed by atoms with Crippen molar-refractivity contribution in [3.63, 3.8) is 0 Å². The first-order valence-corrected chi connectivity index (χ1v) is 14.6. The molecule has 5 rings (SSSR count). The molecule has 1 unspecified atom stereocenters. The lowest BCUT2D eigenvalue weighted by Crippen LogP contribution is -2.46. The maximum Gasteiger partial charge on any atom is 0.243 e. The van der Waals surface area contributed by atoms with Gasteiger partial charge in [-0.25, -0.2) is 13.4 Å². The molecule has 7 nitrogen and oxygen atoms in total. The van der Waals surface area contributed by atoms with Crippen LogP contribution in [0.25, 0.3) is 10.2 Å². The molecule has 0 bridgehead atoms. The summed E-state index contributed by atoms with van der Waals surface area (Å²) in [6, 6.07) is 16.6. The average Bonchev–Trinajstić information content (AvgIpc) is 3.37. The van der Waals surface area contributed by atoms with Gasteiger partial charge < -0.3 is 0 Å². The van der Waals surface area contributed by atoms with Gasteiger partial charge in [-0.05, 0) is 69.0 Å². The molecule has 0 N–H and O–H groups in total. The van der Waals surface area contributed by atoms with Crippen LogP contribution in [0.4, 0.5) is 5.13 Å². The van der Waals surface area contributed by atoms with Crippen LogP contribution in [0.2, 0.25) is 0 Å². The van der Waals surface area contributed by atoms with Gasteiger partial charge in [-0.1, -0.05) is 47.2 Å². The summed E-state index contributed by atoms with van der Waals surface area (Å²) < 4.78 is 29.3. The second-order valence-corrected chi connectivity index (χ2v) is 12.5. The topological polar surface area (TPSA) is 83.5 Å². The molecule has 37 heavy (non-hydrogen) atoms. The molecule has 1 fully saturated rings. The number of carbonyl (C=O) groups excluding carboxylic acids is 1. The number of fused-ring (bicyclic) bond motifs is 1. The number of piperidine rings is 1. The second kappa shape index (κ2) is 10.3. The van der Waals surface area contributed by atoms with Crippen LogP contribution >= 0.6 is 11.3 Å². The lowest BCUT2D eigenvalue weighted by molar-refractivity contribution is -0.123. The smallest absolute Gasteiger partial charge is 0.243 e. The van der Waals surface area contributed by atoms with E-state index in [1.807, 2.05) is 45.0 Å². The van der Waals surface area contributed by atoms with E-state index in [1.165, 1.54) is 15.6 Å². The molecule has 3 heterocycles. The second-order valence-electron chi connectivity index (χ2n) is 9.63. The fourth-order valence-corrected chi connectivity index (χ4v) is 7.34. The van der Waals surface area contributed by atoms with Gasteiger partial charge in [-0.2, -0.15) is 4.31 Å². The summed E-state index contributed by atoms with van der Waals surface area (Å²) in [6.07, 6.45) is 2.96. The van der Waals surface area contributed by atoms with Crippen LogP contribution < -0.4 is 4.90 Å². The third-order valence-electron chi connectivity index (χ3n) is 6.87. The molecule has 2 aromatic heterocycles. The Morgan fingerprint density at radius 2 is 1.81 bits per heavy atom. The highest BCUT2D eigenvalue weighted by Gasteiger charge is 2.36. The molecule has 0 spiro atoms. The summed E-state index contributed by atoms with van der Waals surface area (Å²) in [4.78, 5) is 25.3. The van der Waals surface area contributed by atoms with Crippen molar-refractivity contribution in [1.29, 1.82) is 0 Å². The highest BCUT2D eigenvalue weighted by atomic mass is 32.2. The number of nitrogens with zero attached hydrogens (tertiary/aromatic N) is 4. The van der Waals surface area contributed by atoms with Crippen molar-refractivity contribution >= 4 is 42.6 Å². The Kier molecular flexibility index (Phi) is 7.11. The van der Waals surface area contributed by atoms with Crippen LogP contribution in [-0.4, -0.2) is 41.7 Å². The van der Waals surface area contributed by atoms with Crippen molar-refractivity contribution in [3.05, 3.63) is 83.2 Å². The monoisotopic (exact) mass is 534 g/mol. The van der Waals surface area contributed by atoms with E-state index in [1.54, 1.807) is 35.4 Å². The first-order valence-electron chi connectivity index (χ1n) is 12.4. The van der Waals surface area contributed by atoms with Crippen molar-refractivity contribution in [1.82, 2.24) is 14.3 Å². The van der Waals surface area contributed by atoms with Crippen LogP contribution in [-0.2, 0) is 21.4 Å². The average molecular weight is 535 g/mol. The van der Waals surface area contributed by atoms with Gasteiger partial charge in [0.1, 0.15) is 0 Å². The number of aromatic nitrogens is 2. The number of benzene rings is 2. The maximum absolute atomic E-state index is 14.0. The molecular weight excluding hydrogens is 504 g/mol. The number of anilines is 1. The Bertz CT molecular complexity index is 1490. The molecule has 1 atom stereocenters. The fourth-order valence-electron chi connectivity index (χ4n) is 4.70. The Labute approximate surface area is 221 Å². The number of thiazole rings is 1. The van der Waals surface area contributed by atoms with Gasteiger partial charge in [-0.15, -0.1) is 0 Å². The van der Waals surface area contributed by atoms with Gasteiger partial charge in [0.05, 0.1) is 33.3 Å². The third-order valence-corrected chi connectivity index (χ3v) is 9.96. The van der Waals surface area contributed by atoms with Gasteiger partial charge in [0.2, 0.25) is 15.9 Å². The zero-order valence-electron chi connectivity index (χ0n) is 21.2. The van der Waals surface area contributed by atoms with Crippen molar-refractivity contribution in [2.24, 2.45) is 5.92 Å². The number of sulfonamides is 1. The Morgan fingerprint density at radius 3 is 2.51 bits per heavy atom. The molecule has 1 saturated heterocycles. The Morgan fingerprint density at radius 1 is 1.05 bits per heavy atom. The predicted octanol–water partition coefficient (Wildman–Crippen LogP) is 5.25. The first-order chi connectivity index (χ1) is 17.7. The lowest BCUT2D eigenvalue weighted by Gasteiger charge is -2.33. The van der Waals surface area contributed by atoms with E-state index in [4.69, 9.17) is 4.98 Å². The number of pyridine rings is 1. The lowest BCUT2D eigenvalue weighted by atomic mass is 9.98.